The van der Waals surface area contributed by atoms with Gasteiger partial charge in [-0.3, -0.25) is 0 Å². The molecular weight excluding hydrogens is 246 g/mol. The largest absolute Gasteiger partial charge is 0.363 e. The number of benzene rings is 1. The van der Waals surface area contributed by atoms with Gasteiger partial charge in [0.05, 0.1) is 6.54 Å². The summed E-state index contributed by atoms with van der Waals surface area (Å²) in [6, 6.07) is 6.89. The number of hydrazone groups is 2. The van der Waals surface area contributed by atoms with Gasteiger partial charge in [0.25, 0.3) is 5.96 Å². The van der Waals surface area contributed by atoms with Gasteiger partial charge in [-0.2, -0.15) is 5.10 Å². The number of nitrogens with zero attached hydrogens (tertiary/aromatic N) is 4. The van der Waals surface area contributed by atoms with Crippen molar-refractivity contribution in [3.63, 3.8) is 0 Å². The van der Waals surface area contributed by atoms with Crippen LogP contribution in [0.2, 0.25) is 5.02 Å². The van der Waals surface area contributed by atoms with E-state index in [2.05, 4.69) is 16.9 Å². The summed E-state index contributed by atoms with van der Waals surface area (Å²) in [5.74, 6) is -0.333. The van der Waals surface area contributed by atoms with Crippen LogP contribution in [0.5, 0.6) is 0 Å². The Morgan fingerprint density at radius 2 is 2.12 bits per heavy atom. The lowest BCUT2D eigenvalue weighted by atomic mass is 10.2. The third-order valence-electron chi connectivity index (χ3n) is 1.86. The van der Waals surface area contributed by atoms with Crippen molar-refractivity contribution in [3.05, 3.63) is 45.0 Å². The number of nitrogens with two attached hydrogens (primary N) is 1. The average molecular weight is 256 g/mol. The first kappa shape index (κ1) is 12.9. The van der Waals surface area contributed by atoms with E-state index in [1.54, 1.807) is 24.3 Å². The minimum absolute atomic E-state index is 0.226. The molecule has 1 aromatic rings. The predicted octanol–water partition coefficient (Wildman–Crippen LogP) is 1.26. The highest BCUT2D eigenvalue weighted by Gasteiger charge is 2.10. The monoisotopic (exact) mass is 255 g/mol. The number of rotatable bonds is 4. The lowest BCUT2D eigenvalue weighted by Gasteiger charge is -2.14. The lowest BCUT2D eigenvalue weighted by molar-refractivity contribution is -0.485. The third-order valence-corrected chi connectivity index (χ3v) is 2.12. The van der Waals surface area contributed by atoms with Crippen molar-refractivity contribution in [3.8, 4) is 0 Å². The second-order valence-corrected chi connectivity index (χ2v) is 3.46. The van der Waals surface area contributed by atoms with Crippen LogP contribution in [-0.2, 0) is 6.54 Å². The number of hydrogen-bond donors (Lipinski definition) is 1. The van der Waals surface area contributed by atoms with Gasteiger partial charge in [0.15, 0.2) is 5.03 Å². The smallest absolute Gasteiger partial charge is 0.289 e. The molecule has 90 valence electrons. The first-order valence-corrected chi connectivity index (χ1v) is 4.88. The maximum absolute atomic E-state index is 10.2. The van der Waals surface area contributed by atoms with Gasteiger partial charge in [-0.15, -0.1) is 0 Å². The summed E-state index contributed by atoms with van der Waals surface area (Å²) in [6.07, 6.45) is 0. The fourth-order valence-electron chi connectivity index (χ4n) is 1.10. The standard InChI is InChI=1S/C9H10ClN5O2/c1-12-14(9(11)13-15(16)17)6-7-2-4-8(10)5-3-7/h2-5H,1,6H2,(H2,11,13). The van der Waals surface area contributed by atoms with E-state index in [9.17, 15) is 10.1 Å². The van der Waals surface area contributed by atoms with Crippen LogP contribution in [0.1, 0.15) is 5.56 Å². The summed E-state index contributed by atoms with van der Waals surface area (Å²) in [5.41, 5.74) is 6.20. The topological polar surface area (TPSA) is 97.1 Å². The molecule has 8 heteroatoms. The van der Waals surface area contributed by atoms with Crippen molar-refractivity contribution in [2.24, 2.45) is 15.9 Å². The Labute approximate surface area is 102 Å². The zero-order valence-corrected chi connectivity index (χ0v) is 9.54. The Bertz CT molecular complexity index is 445. The Balaban J connectivity index is 2.80. The van der Waals surface area contributed by atoms with Crippen molar-refractivity contribution in [1.82, 2.24) is 5.01 Å². The van der Waals surface area contributed by atoms with Crippen LogP contribution < -0.4 is 5.73 Å². The second kappa shape index (κ2) is 5.80. The Kier molecular flexibility index (Phi) is 4.41. The van der Waals surface area contributed by atoms with E-state index in [4.69, 9.17) is 17.3 Å². The summed E-state index contributed by atoms with van der Waals surface area (Å²) in [6.45, 7) is 3.50. The highest BCUT2D eigenvalue weighted by molar-refractivity contribution is 6.30. The van der Waals surface area contributed by atoms with Crippen LogP contribution in [0.4, 0.5) is 0 Å². The van der Waals surface area contributed by atoms with E-state index in [1.165, 1.54) is 0 Å². The summed E-state index contributed by atoms with van der Waals surface area (Å²) < 4.78 is 0. The molecule has 0 bridgehead atoms. The molecule has 2 N–H and O–H groups in total. The van der Waals surface area contributed by atoms with Crippen molar-refractivity contribution in [2.45, 2.75) is 6.54 Å². The van der Waals surface area contributed by atoms with Crippen LogP contribution in [0, 0.1) is 10.1 Å². The zero-order valence-electron chi connectivity index (χ0n) is 8.78. The molecule has 0 spiro atoms. The first-order valence-electron chi connectivity index (χ1n) is 4.50. The van der Waals surface area contributed by atoms with Gasteiger partial charge in [0.1, 0.15) is 5.10 Å². The minimum Gasteiger partial charge on any atom is -0.363 e. The molecule has 0 fully saturated rings. The molecule has 0 saturated carbocycles. The Hall–Kier alpha value is -2.15. The van der Waals surface area contributed by atoms with Gasteiger partial charge in [-0.1, -0.05) is 23.7 Å². The average Bonchev–Trinajstić information content (AvgIpc) is 2.27. The molecule has 7 nitrogen and oxygen atoms in total. The normalized spacial score (nSPS) is 11.0. The van der Waals surface area contributed by atoms with Crippen molar-refractivity contribution >= 4 is 24.3 Å². The Morgan fingerprint density at radius 3 is 2.59 bits per heavy atom. The van der Waals surface area contributed by atoms with Crippen LogP contribution in [0.15, 0.2) is 34.5 Å². The van der Waals surface area contributed by atoms with Gasteiger partial charge < -0.3 is 5.73 Å². The maximum Gasteiger partial charge on any atom is 0.289 e. The van der Waals surface area contributed by atoms with Gasteiger partial charge in [0, 0.05) is 11.7 Å². The van der Waals surface area contributed by atoms with E-state index in [-0.39, 0.29) is 12.5 Å². The summed E-state index contributed by atoms with van der Waals surface area (Å²) in [5, 5.41) is 17.5. The number of nitro groups is 1. The molecule has 1 aromatic carbocycles. The molecule has 0 atom stereocenters. The van der Waals surface area contributed by atoms with Gasteiger partial charge in [-0.05, 0) is 17.7 Å². The number of halogens is 1. The van der Waals surface area contributed by atoms with Crippen LogP contribution >= 0.6 is 11.6 Å². The van der Waals surface area contributed by atoms with Gasteiger partial charge >= 0.3 is 0 Å². The van der Waals surface area contributed by atoms with Crippen molar-refractivity contribution < 1.29 is 5.03 Å². The molecule has 1 rings (SSSR count). The van der Waals surface area contributed by atoms with E-state index in [0.29, 0.717) is 5.02 Å². The van der Waals surface area contributed by atoms with E-state index < -0.39 is 5.03 Å². The molecule has 0 aliphatic rings. The SMILES string of the molecule is C=NN(Cc1ccc(Cl)cc1)/C(N)=N\[N+](=O)[O-]. The first-order chi connectivity index (χ1) is 8.02. The minimum atomic E-state index is -0.893. The van der Waals surface area contributed by atoms with Gasteiger partial charge in [0.2, 0.25) is 0 Å². The molecule has 0 aliphatic heterocycles. The highest BCUT2D eigenvalue weighted by Crippen LogP contribution is 2.11. The van der Waals surface area contributed by atoms with Crippen molar-refractivity contribution in [2.75, 3.05) is 0 Å². The van der Waals surface area contributed by atoms with E-state index in [0.717, 1.165) is 10.6 Å². The van der Waals surface area contributed by atoms with E-state index >= 15 is 0 Å². The molecule has 0 aliphatic carbocycles. The van der Waals surface area contributed by atoms with Crippen LogP contribution in [-0.4, -0.2) is 22.7 Å². The predicted molar refractivity (Wildman–Crippen MR) is 65.2 cm³/mol. The van der Waals surface area contributed by atoms with Gasteiger partial charge in [-0.25, -0.2) is 15.1 Å². The second-order valence-electron chi connectivity index (χ2n) is 3.02. The highest BCUT2D eigenvalue weighted by atomic mass is 35.5. The summed E-state index contributed by atoms with van der Waals surface area (Å²) in [4.78, 5) is 10.2. The molecule has 17 heavy (non-hydrogen) atoms. The third kappa shape index (κ3) is 4.07. The fraction of sp³-hybridized carbons (Fsp3) is 0.111. The van der Waals surface area contributed by atoms with Crippen LogP contribution in [0.25, 0.3) is 0 Å². The molecule has 0 heterocycles. The molecule has 0 amide bonds. The van der Waals surface area contributed by atoms with Crippen LogP contribution in [0.3, 0.4) is 0 Å². The lowest BCUT2D eigenvalue weighted by Crippen LogP contribution is -2.33. The number of hydrogen-bond acceptors (Lipinski definition) is 3. The molecular formula is C9H10ClN5O2. The molecule has 0 unspecified atom stereocenters. The van der Waals surface area contributed by atoms with E-state index in [1.807, 2.05) is 0 Å². The molecule has 0 saturated heterocycles. The summed E-state index contributed by atoms with van der Waals surface area (Å²) >= 11 is 5.73. The molecule has 0 aromatic heterocycles. The fourth-order valence-corrected chi connectivity index (χ4v) is 1.23. The number of guanidine groups is 1. The summed E-state index contributed by atoms with van der Waals surface area (Å²) in [7, 11) is 0. The van der Waals surface area contributed by atoms with Crippen molar-refractivity contribution in [1.29, 1.82) is 0 Å². The maximum atomic E-state index is 10.2. The quantitative estimate of drug-likeness (QED) is 0.379. The molecule has 0 radical (unpaired) electrons. The Morgan fingerprint density at radius 1 is 1.53 bits per heavy atom. The zero-order chi connectivity index (χ0) is 12.8.